The molecule has 0 radical (unpaired) electrons. The molecule has 6 nitrogen and oxygen atoms in total. The van der Waals surface area contributed by atoms with Crippen molar-refractivity contribution in [3.05, 3.63) is 58.5 Å². The summed E-state index contributed by atoms with van der Waals surface area (Å²) in [7, 11) is 0. The molecular weight excluding hydrogens is 272 g/mol. The molecule has 0 aliphatic heterocycles. The van der Waals surface area contributed by atoms with E-state index in [9.17, 15) is 9.59 Å². The second-order valence-corrected chi connectivity index (χ2v) is 4.45. The van der Waals surface area contributed by atoms with E-state index in [-0.39, 0.29) is 11.5 Å². The minimum absolute atomic E-state index is 0.195. The highest BCUT2D eigenvalue weighted by atomic mass is 16.4. The van der Waals surface area contributed by atoms with Crippen LogP contribution in [0.3, 0.4) is 0 Å². The first-order valence-corrected chi connectivity index (χ1v) is 6.21. The number of rotatable bonds is 4. The molecule has 1 amide bonds. The third-order valence-electron chi connectivity index (χ3n) is 2.82. The van der Waals surface area contributed by atoms with Crippen LogP contribution in [0.1, 0.15) is 37.8 Å². The lowest BCUT2D eigenvalue weighted by molar-refractivity contribution is 0.0696. The van der Waals surface area contributed by atoms with E-state index in [1.54, 1.807) is 32.0 Å². The Balaban J connectivity index is 2.00. The molecule has 2 N–H and O–H groups in total. The van der Waals surface area contributed by atoms with Crippen LogP contribution in [0.2, 0.25) is 0 Å². The van der Waals surface area contributed by atoms with E-state index in [0.717, 1.165) is 0 Å². The van der Waals surface area contributed by atoms with E-state index < -0.39 is 5.97 Å². The Kier molecular flexibility index (Phi) is 4.18. The molecule has 0 atom stereocenters. The zero-order chi connectivity index (χ0) is 15.4. The first-order valence-electron chi connectivity index (χ1n) is 6.21. The van der Waals surface area contributed by atoms with Crippen LogP contribution in [0.5, 0.6) is 0 Å². The maximum atomic E-state index is 11.8. The number of amides is 1. The molecule has 0 saturated heterocycles. The summed E-state index contributed by atoms with van der Waals surface area (Å²) in [4.78, 5) is 22.6. The summed E-state index contributed by atoms with van der Waals surface area (Å²) in [6.45, 7) is 3.47. The number of aromatic carboxylic acids is 1. The summed E-state index contributed by atoms with van der Waals surface area (Å²) in [5.74, 6) is -0.155. The van der Waals surface area contributed by atoms with Crippen LogP contribution in [0.15, 0.2) is 39.9 Å². The summed E-state index contributed by atoms with van der Waals surface area (Å²) in [6, 6.07) is 7.78. The normalized spacial score (nSPS) is 10.8. The van der Waals surface area contributed by atoms with Gasteiger partial charge in [-0.3, -0.25) is 4.79 Å². The first kappa shape index (κ1) is 14.5. The largest absolute Gasteiger partial charge is 0.478 e. The number of carboxylic acid groups (broad SMARTS) is 1. The highest BCUT2D eigenvalue weighted by Gasteiger charge is 2.12. The molecule has 108 valence electrons. The number of carbonyl (C=O) groups excluding carboxylic acids is 1. The lowest BCUT2D eigenvalue weighted by Crippen LogP contribution is -2.17. The van der Waals surface area contributed by atoms with Gasteiger partial charge in [-0.2, -0.15) is 5.10 Å². The lowest BCUT2D eigenvalue weighted by atomic mass is 10.1. The van der Waals surface area contributed by atoms with Crippen LogP contribution in [-0.4, -0.2) is 23.2 Å². The summed E-state index contributed by atoms with van der Waals surface area (Å²) in [6.07, 6.45) is 1.44. The average molecular weight is 286 g/mol. The molecule has 0 saturated carbocycles. The van der Waals surface area contributed by atoms with Crippen molar-refractivity contribution >= 4 is 18.1 Å². The Labute approximate surface area is 121 Å². The quantitative estimate of drug-likeness (QED) is 0.666. The molecule has 21 heavy (non-hydrogen) atoms. The van der Waals surface area contributed by atoms with Gasteiger partial charge in [0.1, 0.15) is 11.5 Å². The molecule has 6 heteroatoms. The van der Waals surface area contributed by atoms with E-state index >= 15 is 0 Å². The van der Waals surface area contributed by atoms with Gasteiger partial charge in [-0.1, -0.05) is 12.1 Å². The molecule has 0 fully saturated rings. The Bertz CT molecular complexity index is 699. The van der Waals surface area contributed by atoms with Crippen molar-refractivity contribution in [1.29, 1.82) is 0 Å². The minimum atomic E-state index is -0.988. The van der Waals surface area contributed by atoms with Gasteiger partial charge in [0.15, 0.2) is 0 Å². The Morgan fingerprint density at radius 1 is 1.24 bits per heavy atom. The molecule has 2 aromatic rings. The van der Waals surface area contributed by atoms with Crippen molar-refractivity contribution in [2.45, 2.75) is 13.8 Å². The number of hydrogen-bond donors (Lipinski definition) is 2. The van der Waals surface area contributed by atoms with Gasteiger partial charge in [0.2, 0.25) is 0 Å². The zero-order valence-electron chi connectivity index (χ0n) is 11.6. The number of carbonyl (C=O) groups is 2. The van der Waals surface area contributed by atoms with Crippen LogP contribution >= 0.6 is 0 Å². The summed E-state index contributed by atoms with van der Waals surface area (Å²) < 4.78 is 5.27. The van der Waals surface area contributed by atoms with E-state index in [0.29, 0.717) is 22.6 Å². The fraction of sp³-hybridized carbons (Fsp3) is 0.133. The van der Waals surface area contributed by atoms with Crippen LogP contribution in [0, 0.1) is 13.8 Å². The SMILES string of the molecule is Cc1cc(C(=O)N/N=C/c2ccc(C(=O)O)cc2)c(C)o1. The fourth-order valence-electron chi connectivity index (χ4n) is 1.79. The van der Waals surface area contributed by atoms with Crippen molar-refractivity contribution in [2.24, 2.45) is 5.10 Å². The Hall–Kier alpha value is -2.89. The number of carboxylic acids is 1. The number of benzene rings is 1. The maximum absolute atomic E-state index is 11.8. The third-order valence-corrected chi connectivity index (χ3v) is 2.82. The molecule has 0 aliphatic rings. The van der Waals surface area contributed by atoms with Crippen LogP contribution in [-0.2, 0) is 0 Å². The van der Waals surface area contributed by atoms with E-state index in [2.05, 4.69) is 10.5 Å². The second-order valence-electron chi connectivity index (χ2n) is 4.45. The molecule has 0 spiro atoms. The fourth-order valence-corrected chi connectivity index (χ4v) is 1.79. The molecule has 1 heterocycles. The summed E-state index contributed by atoms with van der Waals surface area (Å²) >= 11 is 0. The summed E-state index contributed by atoms with van der Waals surface area (Å²) in [5.41, 5.74) is 3.71. The first-order chi connectivity index (χ1) is 9.97. The predicted octanol–water partition coefficient (Wildman–Crippen LogP) is 2.36. The number of furan rings is 1. The van der Waals surface area contributed by atoms with Crippen molar-refractivity contribution in [2.75, 3.05) is 0 Å². The minimum Gasteiger partial charge on any atom is -0.478 e. The smallest absolute Gasteiger partial charge is 0.335 e. The number of nitrogens with one attached hydrogen (secondary N) is 1. The van der Waals surface area contributed by atoms with Gasteiger partial charge < -0.3 is 9.52 Å². The van der Waals surface area contributed by atoms with Crippen LogP contribution in [0.4, 0.5) is 0 Å². The molecule has 0 aliphatic carbocycles. The average Bonchev–Trinajstić information content (AvgIpc) is 2.78. The monoisotopic (exact) mass is 286 g/mol. The number of hydrogen-bond acceptors (Lipinski definition) is 4. The molecule has 0 unspecified atom stereocenters. The van der Waals surface area contributed by atoms with E-state index in [1.165, 1.54) is 18.3 Å². The second kappa shape index (κ2) is 6.04. The Morgan fingerprint density at radius 2 is 1.90 bits per heavy atom. The van der Waals surface area contributed by atoms with Gasteiger partial charge in [0.05, 0.1) is 17.3 Å². The van der Waals surface area contributed by atoms with Crippen LogP contribution < -0.4 is 5.43 Å². The zero-order valence-corrected chi connectivity index (χ0v) is 11.6. The highest BCUT2D eigenvalue weighted by Crippen LogP contribution is 2.13. The predicted molar refractivity (Wildman–Crippen MR) is 76.6 cm³/mol. The molecule has 2 rings (SSSR count). The lowest BCUT2D eigenvalue weighted by Gasteiger charge is -1.98. The van der Waals surface area contributed by atoms with E-state index in [4.69, 9.17) is 9.52 Å². The van der Waals surface area contributed by atoms with Crippen molar-refractivity contribution in [3.63, 3.8) is 0 Å². The summed E-state index contributed by atoms with van der Waals surface area (Å²) in [5, 5.41) is 12.6. The van der Waals surface area contributed by atoms with Gasteiger partial charge in [-0.05, 0) is 37.6 Å². The van der Waals surface area contributed by atoms with Crippen LogP contribution in [0.25, 0.3) is 0 Å². The maximum Gasteiger partial charge on any atom is 0.335 e. The van der Waals surface area contributed by atoms with Gasteiger partial charge in [0.25, 0.3) is 5.91 Å². The Morgan fingerprint density at radius 3 is 2.43 bits per heavy atom. The topological polar surface area (TPSA) is 91.9 Å². The van der Waals surface area contributed by atoms with E-state index in [1.807, 2.05) is 0 Å². The van der Waals surface area contributed by atoms with Gasteiger partial charge >= 0.3 is 5.97 Å². The molecule has 0 bridgehead atoms. The van der Waals surface area contributed by atoms with Gasteiger partial charge in [-0.15, -0.1) is 0 Å². The number of nitrogens with zero attached hydrogens (tertiary/aromatic N) is 1. The highest BCUT2D eigenvalue weighted by molar-refractivity contribution is 5.96. The third kappa shape index (κ3) is 3.56. The number of hydrazone groups is 1. The van der Waals surface area contributed by atoms with Gasteiger partial charge in [-0.25, -0.2) is 10.2 Å². The standard InChI is InChI=1S/C15H14N2O4/c1-9-7-13(10(2)21-9)14(18)17-16-8-11-3-5-12(6-4-11)15(19)20/h3-8H,1-2H3,(H,17,18)(H,19,20)/b16-8+. The van der Waals surface area contributed by atoms with Crippen molar-refractivity contribution < 1.29 is 19.1 Å². The number of aryl methyl sites for hydroxylation is 2. The van der Waals surface area contributed by atoms with Crippen molar-refractivity contribution in [1.82, 2.24) is 5.43 Å². The molecule has 1 aromatic carbocycles. The van der Waals surface area contributed by atoms with Gasteiger partial charge in [0, 0.05) is 0 Å². The molecule has 1 aromatic heterocycles. The van der Waals surface area contributed by atoms with Crippen molar-refractivity contribution in [3.8, 4) is 0 Å². The molecular formula is C15H14N2O4.